The van der Waals surface area contributed by atoms with Crippen molar-refractivity contribution in [3.05, 3.63) is 78.2 Å². The van der Waals surface area contributed by atoms with Gasteiger partial charge in [0.05, 0.1) is 11.2 Å². The van der Waals surface area contributed by atoms with E-state index in [1.165, 1.54) is 0 Å². The Morgan fingerprint density at radius 1 is 0.933 bits per heavy atom. The number of hydrogen-bond acceptors (Lipinski definition) is 5. The summed E-state index contributed by atoms with van der Waals surface area (Å²) in [4.78, 5) is 4.77. The molecule has 0 aliphatic carbocycles. The molecule has 154 valence electrons. The van der Waals surface area contributed by atoms with Crippen molar-refractivity contribution in [2.45, 2.75) is 44.3 Å². The van der Waals surface area contributed by atoms with Crippen molar-refractivity contribution in [2.24, 2.45) is 5.92 Å². The molecule has 2 aromatic carbocycles. The number of nitrogens with zero attached hydrogens (tertiary/aromatic N) is 4. The van der Waals surface area contributed by atoms with Gasteiger partial charge in [-0.1, -0.05) is 68.1 Å². The number of hydrogen-bond donors (Lipinski definition) is 0. The van der Waals surface area contributed by atoms with Gasteiger partial charge in [0, 0.05) is 17.7 Å². The fourth-order valence-electron chi connectivity index (χ4n) is 3.14. The molecule has 0 saturated heterocycles. The molecular formula is C24H26N4OS. The molecule has 2 heterocycles. The van der Waals surface area contributed by atoms with Crippen LogP contribution in [-0.4, -0.2) is 19.7 Å². The number of rotatable bonds is 9. The van der Waals surface area contributed by atoms with Crippen LogP contribution in [0.25, 0.3) is 10.9 Å². The van der Waals surface area contributed by atoms with Crippen molar-refractivity contribution in [3.8, 4) is 5.75 Å². The van der Waals surface area contributed by atoms with Crippen molar-refractivity contribution in [3.63, 3.8) is 0 Å². The van der Waals surface area contributed by atoms with Crippen LogP contribution in [0.2, 0.25) is 0 Å². The number of aromatic nitrogens is 4. The fourth-order valence-corrected chi connectivity index (χ4v) is 4.02. The Kier molecular flexibility index (Phi) is 6.64. The molecule has 0 saturated carbocycles. The third-order valence-corrected chi connectivity index (χ3v) is 5.84. The van der Waals surface area contributed by atoms with E-state index in [0.717, 1.165) is 52.0 Å². The van der Waals surface area contributed by atoms with Crippen LogP contribution in [0.15, 0.2) is 71.9 Å². The standard InChI is InChI=1S/C24H26N4OS/c1-18(2)14-15-28-23(16-29-21-9-4-3-5-10-21)26-27-24(28)30-17-20-13-12-19-8-6-7-11-22(19)25-20/h3-13,18H,14-17H2,1-2H3. The first kappa shape index (κ1) is 20.4. The number of thioether (sulfide) groups is 1. The van der Waals surface area contributed by atoms with Gasteiger partial charge in [-0.25, -0.2) is 0 Å². The van der Waals surface area contributed by atoms with Gasteiger partial charge in [0.1, 0.15) is 12.4 Å². The summed E-state index contributed by atoms with van der Waals surface area (Å²) in [5.41, 5.74) is 2.06. The summed E-state index contributed by atoms with van der Waals surface area (Å²) in [5, 5.41) is 10.9. The molecule has 0 bridgehead atoms. The first-order chi connectivity index (χ1) is 14.7. The molecule has 0 amide bonds. The molecule has 0 N–H and O–H groups in total. The largest absolute Gasteiger partial charge is 0.486 e. The second kappa shape index (κ2) is 9.76. The molecule has 0 spiro atoms. The maximum Gasteiger partial charge on any atom is 0.191 e. The van der Waals surface area contributed by atoms with E-state index in [-0.39, 0.29) is 0 Å². The quantitative estimate of drug-likeness (QED) is 0.324. The van der Waals surface area contributed by atoms with Gasteiger partial charge in [-0.05, 0) is 36.6 Å². The highest BCUT2D eigenvalue weighted by molar-refractivity contribution is 7.98. The maximum atomic E-state index is 5.92. The Balaban J connectivity index is 1.48. The SMILES string of the molecule is CC(C)CCn1c(COc2ccccc2)nnc1SCc1ccc2ccccc2n1. The summed E-state index contributed by atoms with van der Waals surface area (Å²) in [7, 11) is 0. The fraction of sp³-hybridized carbons (Fsp3) is 0.292. The van der Waals surface area contributed by atoms with Crippen LogP contribution in [0.1, 0.15) is 31.8 Å². The molecule has 0 aliphatic rings. The van der Waals surface area contributed by atoms with E-state index >= 15 is 0 Å². The summed E-state index contributed by atoms with van der Waals surface area (Å²) < 4.78 is 8.11. The van der Waals surface area contributed by atoms with Crippen molar-refractivity contribution in [2.75, 3.05) is 0 Å². The average molecular weight is 419 g/mol. The lowest BCUT2D eigenvalue weighted by molar-refractivity contribution is 0.285. The Morgan fingerprint density at radius 2 is 1.73 bits per heavy atom. The number of ether oxygens (including phenoxy) is 1. The minimum absolute atomic E-state index is 0.407. The zero-order valence-corrected chi connectivity index (χ0v) is 18.2. The van der Waals surface area contributed by atoms with Crippen LogP contribution in [-0.2, 0) is 18.9 Å². The van der Waals surface area contributed by atoms with Crippen molar-refractivity contribution < 1.29 is 4.74 Å². The molecule has 4 aromatic rings. The number of para-hydroxylation sites is 2. The van der Waals surface area contributed by atoms with Crippen LogP contribution in [0.4, 0.5) is 0 Å². The van der Waals surface area contributed by atoms with E-state index in [2.05, 4.69) is 46.8 Å². The highest BCUT2D eigenvalue weighted by Gasteiger charge is 2.14. The maximum absolute atomic E-state index is 5.92. The normalized spacial score (nSPS) is 11.3. The van der Waals surface area contributed by atoms with Gasteiger partial charge in [0.2, 0.25) is 0 Å². The number of benzene rings is 2. The van der Waals surface area contributed by atoms with Gasteiger partial charge in [-0.15, -0.1) is 10.2 Å². The van der Waals surface area contributed by atoms with Crippen molar-refractivity contribution in [1.82, 2.24) is 19.7 Å². The van der Waals surface area contributed by atoms with Crippen LogP contribution in [0, 0.1) is 5.92 Å². The molecule has 5 nitrogen and oxygen atoms in total. The molecule has 0 unspecified atom stereocenters. The summed E-state index contributed by atoms with van der Waals surface area (Å²) >= 11 is 1.67. The predicted octanol–water partition coefficient (Wildman–Crippen LogP) is 5.74. The van der Waals surface area contributed by atoms with Gasteiger partial charge in [-0.3, -0.25) is 4.98 Å². The molecule has 0 radical (unpaired) electrons. The van der Waals surface area contributed by atoms with Gasteiger partial charge >= 0.3 is 0 Å². The molecular weight excluding hydrogens is 392 g/mol. The monoisotopic (exact) mass is 418 g/mol. The van der Waals surface area contributed by atoms with Gasteiger partial charge in [0.25, 0.3) is 0 Å². The predicted molar refractivity (Wildman–Crippen MR) is 122 cm³/mol. The minimum Gasteiger partial charge on any atom is -0.486 e. The zero-order valence-electron chi connectivity index (χ0n) is 17.4. The second-order valence-corrected chi connectivity index (χ2v) is 8.56. The van der Waals surface area contributed by atoms with Gasteiger partial charge in [0.15, 0.2) is 11.0 Å². The number of fused-ring (bicyclic) bond motifs is 1. The lowest BCUT2D eigenvalue weighted by Crippen LogP contribution is -2.10. The lowest BCUT2D eigenvalue weighted by Gasteiger charge is -2.12. The molecule has 4 rings (SSSR count). The lowest BCUT2D eigenvalue weighted by atomic mass is 10.1. The van der Waals surface area contributed by atoms with Crippen LogP contribution in [0.5, 0.6) is 5.75 Å². The molecule has 6 heteroatoms. The topological polar surface area (TPSA) is 52.8 Å². The smallest absolute Gasteiger partial charge is 0.191 e. The van der Waals surface area contributed by atoms with Crippen LogP contribution < -0.4 is 4.74 Å². The Hall–Kier alpha value is -2.86. The summed E-state index contributed by atoms with van der Waals surface area (Å²) in [6.45, 7) is 5.75. The Bertz CT molecular complexity index is 1090. The molecule has 2 aromatic heterocycles. The molecule has 0 fully saturated rings. The summed E-state index contributed by atoms with van der Waals surface area (Å²) in [6, 6.07) is 22.2. The zero-order chi connectivity index (χ0) is 20.8. The van der Waals surface area contributed by atoms with E-state index in [0.29, 0.717) is 12.5 Å². The van der Waals surface area contributed by atoms with E-state index in [1.54, 1.807) is 11.8 Å². The summed E-state index contributed by atoms with van der Waals surface area (Å²) in [5.74, 6) is 3.05. The van der Waals surface area contributed by atoms with Crippen LogP contribution >= 0.6 is 11.8 Å². The van der Waals surface area contributed by atoms with E-state index in [4.69, 9.17) is 9.72 Å². The minimum atomic E-state index is 0.407. The van der Waals surface area contributed by atoms with Crippen molar-refractivity contribution in [1.29, 1.82) is 0 Å². The third-order valence-electron chi connectivity index (χ3n) is 4.84. The molecule has 0 atom stereocenters. The van der Waals surface area contributed by atoms with Crippen molar-refractivity contribution >= 4 is 22.7 Å². The average Bonchev–Trinajstić information content (AvgIpc) is 3.17. The van der Waals surface area contributed by atoms with E-state index in [1.807, 2.05) is 48.5 Å². The Labute approximate surface area is 181 Å². The molecule has 0 aliphatic heterocycles. The van der Waals surface area contributed by atoms with E-state index in [9.17, 15) is 0 Å². The van der Waals surface area contributed by atoms with Crippen LogP contribution in [0.3, 0.4) is 0 Å². The van der Waals surface area contributed by atoms with E-state index < -0.39 is 0 Å². The summed E-state index contributed by atoms with van der Waals surface area (Å²) in [6.07, 6.45) is 1.07. The second-order valence-electron chi connectivity index (χ2n) is 7.62. The first-order valence-electron chi connectivity index (χ1n) is 10.3. The van der Waals surface area contributed by atoms with Gasteiger partial charge in [-0.2, -0.15) is 0 Å². The highest BCUT2D eigenvalue weighted by Crippen LogP contribution is 2.24. The van der Waals surface area contributed by atoms with Gasteiger partial charge < -0.3 is 9.30 Å². The Morgan fingerprint density at radius 3 is 2.57 bits per heavy atom. The highest BCUT2D eigenvalue weighted by atomic mass is 32.2. The first-order valence-corrected chi connectivity index (χ1v) is 11.2. The number of pyridine rings is 1. The third kappa shape index (κ3) is 5.19. The molecule has 30 heavy (non-hydrogen) atoms.